The molecule has 7 heteroatoms. The fraction of sp³-hybridized carbons (Fsp3) is 0.286. The van der Waals surface area contributed by atoms with Gasteiger partial charge in [0.1, 0.15) is 5.75 Å². The summed E-state index contributed by atoms with van der Waals surface area (Å²) in [5.41, 5.74) is 2.05. The Labute approximate surface area is 162 Å². The summed E-state index contributed by atoms with van der Waals surface area (Å²) in [5, 5.41) is 12.0. The van der Waals surface area contributed by atoms with Gasteiger partial charge in [-0.15, -0.1) is 0 Å². The summed E-state index contributed by atoms with van der Waals surface area (Å²) in [6, 6.07) is 12.8. The Morgan fingerprint density at radius 2 is 1.93 bits per heavy atom. The first-order valence-corrected chi connectivity index (χ1v) is 8.94. The third-order valence-electron chi connectivity index (χ3n) is 4.79. The number of nitrogens with one attached hydrogen (secondary N) is 1. The minimum Gasteiger partial charge on any atom is -0.495 e. The van der Waals surface area contributed by atoms with Crippen LogP contribution in [-0.2, 0) is 14.4 Å². The largest absolute Gasteiger partial charge is 0.495 e. The van der Waals surface area contributed by atoms with Crippen LogP contribution in [0.15, 0.2) is 48.5 Å². The molecule has 0 saturated carbocycles. The number of anilines is 1. The molecular formula is C21H22N2O5. The Balaban J connectivity index is 1.77. The van der Waals surface area contributed by atoms with Gasteiger partial charge in [-0.25, -0.2) is 4.79 Å². The van der Waals surface area contributed by atoms with E-state index in [4.69, 9.17) is 4.74 Å². The summed E-state index contributed by atoms with van der Waals surface area (Å²) < 4.78 is 5.34. The summed E-state index contributed by atoms with van der Waals surface area (Å²) >= 11 is 0. The molecule has 1 unspecified atom stereocenters. The number of methoxy groups -OCH3 is 1. The number of nitrogens with zero attached hydrogens (tertiary/aromatic N) is 1. The second kappa shape index (κ2) is 8.12. The van der Waals surface area contributed by atoms with E-state index in [-0.39, 0.29) is 18.9 Å². The molecule has 7 nitrogen and oxygen atoms in total. The Bertz CT molecular complexity index is 897. The van der Waals surface area contributed by atoms with Crippen LogP contribution in [0.3, 0.4) is 0 Å². The van der Waals surface area contributed by atoms with Crippen LogP contribution in [0.2, 0.25) is 0 Å². The third kappa shape index (κ3) is 3.98. The van der Waals surface area contributed by atoms with E-state index >= 15 is 0 Å². The number of amides is 2. The number of carbonyl (C=O) groups excluding carboxylic acids is 2. The van der Waals surface area contributed by atoms with Crippen LogP contribution in [0.1, 0.15) is 23.6 Å². The molecule has 2 aromatic rings. The molecule has 1 saturated heterocycles. The van der Waals surface area contributed by atoms with Crippen molar-refractivity contribution in [3.63, 3.8) is 0 Å². The summed E-state index contributed by atoms with van der Waals surface area (Å²) in [5.74, 6) is -1.90. The number of hydrogen-bond donors (Lipinski definition) is 2. The molecule has 2 aromatic carbocycles. The normalized spacial score (nSPS) is 17.3. The van der Waals surface area contributed by atoms with Gasteiger partial charge in [0.25, 0.3) is 0 Å². The monoisotopic (exact) mass is 382 g/mol. The lowest BCUT2D eigenvalue weighted by molar-refractivity contribution is -0.142. The Morgan fingerprint density at radius 3 is 2.57 bits per heavy atom. The van der Waals surface area contributed by atoms with Gasteiger partial charge < -0.3 is 20.1 Å². The fourth-order valence-electron chi connectivity index (χ4n) is 3.32. The zero-order chi connectivity index (χ0) is 20.3. The van der Waals surface area contributed by atoms with Gasteiger partial charge in [0, 0.05) is 13.0 Å². The first-order chi connectivity index (χ1) is 13.4. The van der Waals surface area contributed by atoms with Crippen molar-refractivity contribution in [3.05, 3.63) is 59.7 Å². The van der Waals surface area contributed by atoms with Crippen LogP contribution in [0.25, 0.3) is 0 Å². The summed E-state index contributed by atoms with van der Waals surface area (Å²) in [7, 11) is 1.52. The minimum atomic E-state index is -1.16. The van der Waals surface area contributed by atoms with Crippen molar-refractivity contribution in [2.75, 3.05) is 18.6 Å². The second-order valence-electron chi connectivity index (χ2n) is 6.77. The van der Waals surface area contributed by atoms with E-state index in [1.54, 1.807) is 36.4 Å². The Kier molecular flexibility index (Phi) is 5.63. The van der Waals surface area contributed by atoms with E-state index in [2.05, 4.69) is 5.32 Å². The highest BCUT2D eigenvalue weighted by Crippen LogP contribution is 2.34. The predicted molar refractivity (Wildman–Crippen MR) is 103 cm³/mol. The van der Waals surface area contributed by atoms with Crippen molar-refractivity contribution in [1.29, 1.82) is 0 Å². The number of benzene rings is 2. The quantitative estimate of drug-likeness (QED) is 0.799. The number of carboxylic acids is 1. The molecule has 28 heavy (non-hydrogen) atoms. The summed E-state index contributed by atoms with van der Waals surface area (Å²) in [6.45, 7) is 2.08. The number of aliphatic carboxylic acids is 1. The van der Waals surface area contributed by atoms with E-state index in [9.17, 15) is 19.5 Å². The van der Waals surface area contributed by atoms with E-state index in [1.165, 1.54) is 12.0 Å². The molecule has 0 aliphatic carbocycles. The highest BCUT2D eigenvalue weighted by Gasteiger charge is 2.37. The van der Waals surface area contributed by atoms with Crippen LogP contribution >= 0.6 is 0 Å². The molecule has 3 rings (SSSR count). The molecule has 2 amide bonds. The Morgan fingerprint density at radius 1 is 1.21 bits per heavy atom. The zero-order valence-electron chi connectivity index (χ0n) is 15.7. The number of aryl methyl sites for hydroxylation is 1. The standard InChI is InChI=1S/C21H22N2O5/c1-13-8-9-17(28-2)16(10-13)23-12-15(11-18(23)24)20(25)22-19(21(26)27)14-6-4-3-5-7-14/h3-10,15,19H,11-12H2,1-2H3,(H,22,25)(H,26,27)/t15?,19-/m1/s1. The van der Waals surface area contributed by atoms with E-state index in [1.807, 2.05) is 19.1 Å². The van der Waals surface area contributed by atoms with Gasteiger partial charge in [-0.05, 0) is 30.2 Å². The molecule has 1 heterocycles. The zero-order valence-corrected chi connectivity index (χ0v) is 15.7. The lowest BCUT2D eigenvalue weighted by Gasteiger charge is -2.21. The van der Waals surface area contributed by atoms with Crippen molar-refractivity contribution in [2.24, 2.45) is 5.92 Å². The van der Waals surface area contributed by atoms with Gasteiger partial charge in [-0.1, -0.05) is 36.4 Å². The topological polar surface area (TPSA) is 95.9 Å². The molecular weight excluding hydrogens is 360 g/mol. The summed E-state index contributed by atoms with van der Waals surface area (Å²) in [4.78, 5) is 38.4. The highest BCUT2D eigenvalue weighted by molar-refractivity contribution is 6.01. The van der Waals surface area contributed by atoms with E-state index in [0.717, 1.165) is 5.56 Å². The fourth-order valence-corrected chi connectivity index (χ4v) is 3.32. The molecule has 1 aliphatic heterocycles. The number of carbonyl (C=O) groups is 3. The number of hydrogen-bond acceptors (Lipinski definition) is 4. The van der Waals surface area contributed by atoms with Gasteiger partial charge in [-0.2, -0.15) is 0 Å². The van der Waals surface area contributed by atoms with Gasteiger partial charge in [0.15, 0.2) is 6.04 Å². The average Bonchev–Trinajstić information content (AvgIpc) is 3.08. The lowest BCUT2D eigenvalue weighted by atomic mass is 10.0. The van der Waals surface area contributed by atoms with Crippen molar-refractivity contribution in [3.8, 4) is 5.75 Å². The average molecular weight is 382 g/mol. The molecule has 1 fully saturated rings. The van der Waals surface area contributed by atoms with Crippen LogP contribution in [0.4, 0.5) is 5.69 Å². The van der Waals surface area contributed by atoms with Gasteiger partial charge in [-0.3, -0.25) is 9.59 Å². The third-order valence-corrected chi connectivity index (χ3v) is 4.79. The predicted octanol–water partition coefficient (Wildman–Crippen LogP) is 2.30. The number of rotatable bonds is 6. The second-order valence-corrected chi connectivity index (χ2v) is 6.77. The van der Waals surface area contributed by atoms with Crippen LogP contribution < -0.4 is 15.0 Å². The first-order valence-electron chi connectivity index (χ1n) is 8.94. The van der Waals surface area contributed by atoms with Crippen molar-refractivity contribution < 1.29 is 24.2 Å². The molecule has 2 N–H and O–H groups in total. The lowest BCUT2D eigenvalue weighted by Crippen LogP contribution is -2.38. The molecule has 0 spiro atoms. The van der Waals surface area contributed by atoms with Gasteiger partial charge in [0.2, 0.25) is 11.8 Å². The SMILES string of the molecule is COc1ccc(C)cc1N1CC(C(=O)N[C@@H](C(=O)O)c2ccccc2)CC1=O. The Hall–Kier alpha value is -3.35. The first kappa shape index (κ1) is 19.4. The maximum absolute atomic E-state index is 12.7. The van der Waals surface area contributed by atoms with E-state index in [0.29, 0.717) is 17.0 Å². The number of ether oxygens (including phenoxy) is 1. The van der Waals surface area contributed by atoms with Crippen molar-refractivity contribution in [2.45, 2.75) is 19.4 Å². The van der Waals surface area contributed by atoms with Crippen LogP contribution in [-0.4, -0.2) is 36.5 Å². The maximum Gasteiger partial charge on any atom is 0.330 e. The summed E-state index contributed by atoms with van der Waals surface area (Å²) in [6.07, 6.45) is 0.0179. The van der Waals surface area contributed by atoms with Crippen LogP contribution in [0.5, 0.6) is 5.75 Å². The molecule has 146 valence electrons. The van der Waals surface area contributed by atoms with E-state index < -0.39 is 23.8 Å². The maximum atomic E-state index is 12.7. The van der Waals surface area contributed by atoms with Crippen LogP contribution in [0, 0.1) is 12.8 Å². The molecule has 0 aromatic heterocycles. The van der Waals surface area contributed by atoms with Crippen molar-refractivity contribution >= 4 is 23.5 Å². The number of carboxylic acid groups (broad SMARTS) is 1. The van der Waals surface area contributed by atoms with Gasteiger partial charge >= 0.3 is 5.97 Å². The van der Waals surface area contributed by atoms with Crippen molar-refractivity contribution in [1.82, 2.24) is 5.32 Å². The molecule has 1 aliphatic rings. The molecule has 2 atom stereocenters. The molecule has 0 radical (unpaired) electrons. The minimum absolute atomic E-state index is 0.0179. The highest BCUT2D eigenvalue weighted by atomic mass is 16.5. The molecule has 0 bridgehead atoms. The van der Waals surface area contributed by atoms with Gasteiger partial charge in [0.05, 0.1) is 18.7 Å². The smallest absolute Gasteiger partial charge is 0.330 e.